The summed E-state index contributed by atoms with van der Waals surface area (Å²) < 4.78 is 4.96. The zero-order chi connectivity index (χ0) is 13.7. The number of aromatic nitrogens is 2. The molecule has 0 atom stereocenters. The fraction of sp³-hybridized carbons (Fsp3) is 0.333. The first-order valence-electron chi connectivity index (χ1n) is 5.68. The van der Waals surface area contributed by atoms with E-state index in [0.717, 1.165) is 22.1 Å². The molecule has 0 aliphatic heterocycles. The highest BCUT2D eigenvalue weighted by Gasteiger charge is 2.10. The van der Waals surface area contributed by atoms with Gasteiger partial charge in [0.05, 0.1) is 11.6 Å². The molecule has 2 rings (SSSR count). The van der Waals surface area contributed by atoms with E-state index in [-0.39, 0.29) is 0 Å². The van der Waals surface area contributed by atoms with Crippen LogP contribution in [-0.4, -0.2) is 30.5 Å². The van der Waals surface area contributed by atoms with Crippen LogP contribution in [0.4, 0.5) is 0 Å². The summed E-state index contributed by atoms with van der Waals surface area (Å²) in [6, 6.07) is 5.31. The SMILES string of the molecule is COCCNCc1nnc(-c2cc(Cl)ccc2Cl)s1. The highest BCUT2D eigenvalue weighted by molar-refractivity contribution is 7.14. The van der Waals surface area contributed by atoms with Crippen LogP contribution in [0.25, 0.3) is 10.6 Å². The summed E-state index contributed by atoms with van der Waals surface area (Å²) >= 11 is 13.6. The second-order valence-corrected chi connectivity index (χ2v) is 5.70. The van der Waals surface area contributed by atoms with Crippen LogP contribution >= 0.6 is 34.5 Å². The van der Waals surface area contributed by atoms with Crippen molar-refractivity contribution in [3.05, 3.63) is 33.3 Å². The summed E-state index contributed by atoms with van der Waals surface area (Å²) in [5.74, 6) is 0. The second kappa shape index (κ2) is 7.17. The van der Waals surface area contributed by atoms with E-state index in [1.54, 1.807) is 25.3 Å². The Labute approximate surface area is 125 Å². The summed E-state index contributed by atoms with van der Waals surface area (Å²) in [5.41, 5.74) is 0.815. The van der Waals surface area contributed by atoms with E-state index in [1.165, 1.54) is 11.3 Å². The van der Waals surface area contributed by atoms with Crippen molar-refractivity contribution in [3.63, 3.8) is 0 Å². The molecule has 1 aromatic heterocycles. The standard InChI is InChI=1S/C12H13Cl2N3OS/c1-18-5-4-15-7-11-16-17-12(19-11)9-6-8(13)2-3-10(9)14/h2-3,6,15H,4-5,7H2,1H3. The Bertz CT molecular complexity index is 548. The average molecular weight is 318 g/mol. The zero-order valence-corrected chi connectivity index (χ0v) is 12.6. The van der Waals surface area contributed by atoms with Gasteiger partial charge in [0, 0.05) is 30.8 Å². The van der Waals surface area contributed by atoms with Gasteiger partial charge in [-0.05, 0) is 18.2 Å². The Morgan fingerprint density at radius 3 is 2.95 bits per heavy atom. The molecule has 19 heavy (non-hydrogen) atoms. The van der Waals surface area contributed by atoms with Crippen molar-refractivity contribution in [2.24, 2.45) is 0 Å². The first kappa shape index (κ1) is 14.7. The van der Waals surface area contributed by atoms with E-state index < -0.39 is 0 Å². The Morgan fingerprint density at radius 2 is 2.16 bits per heavy atom. The van der Waals surface area contributed by atoms with Crippen LogP contribution < -0.4 is 5.32 Å². The molecule has 1 N–H and O–H groups in total. The van der Waals surface area contributed by atoms with Gasteiger partial charge in [-0.25, -0.2) is 0 Å². The third-order valence-corrected chi connectivity index (χ3v) is 3.91. The molecule has 2 aromatic rings. The Hall–Kier alpha value is -0.720. The Morgan fingerprint density at radius 1 is 1.32 bits per heavy atom. The summed E-state index contributed by atoms with van der Waals surface area (Å²) in [4.78, 5) is 0. The maximum absolute atomic E-state index is 6.13. The molecule has 0 radical (unpaired) electrons. The first-order valence-corrected chi connectivity index (χ1v) is 7.25. The summed E-state index contributed by atoms with van der Waals surface area (Å²) in [6.07, 6.45) is 0. The van der Waals surface area contributed by atoms with Crippen molar-refractivity contribution in [3.8, 4) is 10.6 Å². The first-order chi connectivity index (χ1) is 9.20. The van der Waals surface area contributed by atoms with Crippen LogP contribution in [0.2, 0.25) is 10.0 Å². The lowest BCUT2D eigenvalue weighted by atomic mass is 10.2. The molecule has 0 aliphatic carbocycles. The smallest absolute Gasteiger partial charge is 0.149 e. The van der Waals surface area contributed by atoms with Gasteiger partial charge in [0.25, 0.3) is 0 Å². The number of methoxy groups -OCH3 is 1. The van der Waals surface area contributed by atoms with Gasteiger partial charge in [-0.1, -0.05) is 34.5 Å². The van der Waals surface area contributed by atoms with E-state index in [4.69, 9.17) is 27.9 Å². The fourth-order valence-corrected chi connectivity index (χ4v) is 2.74. The molecule has 0 aliphatic rings. The van der Waals surface area contributed by atoms with E-state index in [2.05, 4.69) is 15.5 Å². The van der Waals surface area contributed by atoms with Gasteiger partial charge in [-0.2, -0.15) is 0 Å². The molecular formula is C12H13Cl2N3OS. The monoisotopic (exact) mass is 317 g/mol. The normalized spacial score (nSPS) is 10.9. The van der Waals surface area contributed by atoms with Gasteiger partial charge in [0.2, 0.25) is 0 Å². The van der Waals surface area contributed by atoms with Crippen molar-refractivity contribution in [1.29, 1.82) is 0 Å². The molecule has 1 heterocycles. The molecule has 0 fully saturated rings. The van der Waals surface area contributed by atoms with E-state index >= 15 is 0 Å². The molecule has 7 heteroatoms. The van der Waals surface area contributed by atoms with Crippen LogP contribution in [0, 0.1) is 0 Å². The number of hydrogen-bond donors (Lipinski definition) is 1. The number of nitrogens with zero attached hydrogens (tertiary/aromatic N) is 2. The molecule has 102 valence electrons. The van der Waals surface area contributed by atoms with Crippen LogP contribution in [0.15, 0.2) is 18.2 Å². The number of hydrogen-bond acceptors (Lipinski definition) is 5. The quantitative estimate of drug-likeness (QED) is 0.831. The van der Waals surface area contributed by atoms with Crippen molar-refractivity contribution in [2.45, 2.75) is 6.54 Å². The van der Waals surface area contributed by atoms with Crippen molar-refractivity contribution in [1.82, 2.24) is 15.5 Å². The highest BCUT2D eigenvalue weighted by Crippen LogP contribution is 2.32. The third kappa shape index (κ3) is 4.12. The third-order valence-electron chi connectivity index (χ3n) is 2.38. The Kier molecular flexibility index (Phi) is 5.54. The minimum absolute atomic E-state index is 0.624. The van der Waals surface area contributed by atoms with E-state index in [0.29, 0.717) is 23.2 Å². The molecular weight excluding hydrogens is 305 g/mol. The molecule has 0 saturated carbocycles. The van der Waals surface area contributed by atoms with Crippen LogP contribution in [0.3, 0.4) is 0 Å². The minimum Gasteiger partial charge on any atom is -0.383 e. The molecule has 0 saturated heterocycles. The van der Waals surface area contributed by atoms with Crippen LogP contribution in [-0.2, 0) is 11.3 Å². The van der Waals surface area contributed by atoms with Gasteiger partial charge >= 0.3 is 0 Å². The van der Waals surface area contributed by atoms with E-state index in [1.807, 2.05) is 0 Å². The van der Waals surface area contributed by atoms with Crippen molar-refractivity contribution in [2.75, 3.05) is 20.3 Å². The summed E-state index contributed by atoms with van der Waals surface area (Å²) in [7, 11) is 1.67. The van der Waals surface area contributed by atoms with Gasteiger partial charge in [-0.15, -0.1) is 10.2 Å². The van der Waals surface area contributed by atoms with Crippen molar-refractivity contribution < 1.29 is 4.74 Å². The summed E-state index contributed by atoms with van der Waals surface area (Å²) in [5, 5.41) is 14.4. The number of benzene rings is 1. The predicted octanol–water partition coefficient (Wildman–Crippen LogP) is 3.25. The average Bonchev–Trinajstić information content (AvgIpc) is 2.86. The second-order valence-electron chi connectivity index (χ2n) is 3.79. The van der Waals surface area contributed by atoms with Crippen molar-refractivity contribution >= 4 is 34.5 Å². The van der Waals surface area contributed by atoms with Crippen LogP contribution in [0.1, 0.15) is 5.01 Å². The van der Waals surface area contributed by atoms with Crippen LogP contribution in [0.5, 0.6) is 0 Å². The molecule has 0 unspecified atom stereocenters. The van der Waals surface area contributed by atoms with Gasteiger partial charge in [-0.3, -0.25) is 0 Å². The molecule has 4 nitrogen and oxygen atoms in total. The Balaban J connectivity index is 2.06. The number of nitrogens with one attached hydrogen (secondary N) is 1. The van der Waals surface area contributed by atoms with Gasteiger partial charge in [0.1, 0.15) is 10.0 Å². The van der Waals surface area contributed by atoms with Gasteiger partial charge < -0.3 is 10.1 Å². The van der Waals surface area contributed by atoms with Gasteiger partial charge in [0.15, 0.2) is 0 Å². The number of ether oxygens (including phenoxy) is 1. The predicted molar refractivity (Wildman–Crippen MR) is 78.9 cm³/mol. The zero-order valence-electron chi connectivity index (χ0n) is 10.3. The lowest BCUT2D eigenvalue weighted by molar-refractivity contribution is 0.199. The molecule has 0 amide bonds. The fourth-order valence-electron chi connectivity index (χ4n) is 1.46. The highest BCUT2D eigenvalue weighted by atomic mass is 35.5. The molecule has 0 bridgehead atoms. The largest absolute Gasteiger partial charge is 0.383 e. The maximum Gasteiger partial charge on any atom is 0.149 e. The summed E-state index contributed by atoms with van der Waals surface area (Å²) in [6.45, 7) is 2.12. The molecule has 0 spiro atoms. The number of halogens is 2. The lowest BCUT2D eigenvalue weighted by Gasteiger charge is -2.00. The van der Waals surface area contributed by atoms with E-state index in [9.17, 15) is 0 Å². The minimum atomic E-state index is 0.624. The maximum atomic E-state index is 6.13. The number of rotatable bonds is 6. The topological polar surface area (TPSA) is 47.0 Å². The molecule has 1 aromatic carbocycles. The lowest BCUT2D eigenvalue weighted by Crippen LogP contribution is -2.18.